The molecule has 0 fully saturated rings. The standard InChI is InChI=1S/C10H13NO3S.C2H6/c1-9(12)8-11(2)15(13,14)10-6-4-3-5-7-10;1-2/h3-7H,8H2,1-2H3;1-2H3. The van der Waals surface area contributed by atoms with E-state index in [0.717, 1.165) is 4.31 Å². The minimum atomic E-state index is -3.52. The number of carbonyl (C=O) groups is 1. The normalized spacial score (nSPS) is 10.6. The van der Waals surface area contributed by atoms with Crippen molar-refractivity contribution >= 4 is 15.8 Å². The van der Waals surface area contributed by atoms with Crippen LogP contribution in [0, 0.1) is 0 Å². The number of hydrogen-bond acceptors (Lipinski definition) is 3. The van der Waals surface area contributed by atoms with Gasteiger partial charge in [-0.1, -0.05) is 32.0 Å². The Morgan fingerprint density at radius 1 is 1.18 bits per heavy atom. The van der Waals surface area contributed by atoms with Gasteiger partial charge in [0.2, 0.25) is 10.0 Å². The molecule has 96 valence electrons. The van der Waals surface area contributed by atoms with Gasteiger partial charge in [0.25, 0.3) is 0 Å². The maximum Gasteiger partial charge on any atom is 0.243 e. The predicted octanol–water partition coefficient (Wildman–Crippen LogP) is 1.92. The summed E-state index contributed by atoms with van der Waals surface area (Å²) in [6, 6.07) is 8.05. The summed E-state index contributed by atoms with van der Waals surface area (Å²) in [6.45, 7) is 5.26. The molecule has 0 unspecified atom stereocenters. The molecule has 0 aromatic heterocycles. The molecule has 1 rings (SSSR count). The third-order valence-corrected chi connectivity index (χ3v) is 3.71. The number of likely N-dealkylation sites (N-methyl/N-ethyl adjacent to an activating group) is 1. The molecule has 4 nitrogen and oxygen atoms in total. The van der Waals surface area contributed by atoms with Crippen LogP contribution >= 0.6 is 0 Å². The first-order valence-corrected chi connectivity index (χ1v) is 6.89. The predicted molar refractivity (Wildman–Crippen MR) is 68.3 cm³/mol. The Bertz CT molecular complexity index is 440. The van der Waals surface area contributed by atoms with Crippen molar-refractivity contribution in [2.24, 2.45) is 0 Å². The van der Waals surface area contributed by atoms with E-state index in [4.69, 9.17) is 0 Å². The number of sulfonamides is 1. The molecule has 0 bridgehead atoms. The summed E-state index contributed by atoms with van der Waals surface area (Å²) in [5.41, 5.74) is 0. The molecule has 1 aromatic carbocycles. The van der Waals surface area contributed by atoms with Crippen molar-refractivity contribution in [3.05, 3.63) is 30.3 Å². The highest BCUT2D eigenvalue weighted by Gasteiger charge is 2.20. The van der Waals surface area contributed by atoms with Gasteiger partial charge in [0.05, 0.1) is 11.4 Å². The van der Waals surface area contributed by atoms with Crippen LogP contribution in [-0.4, -0.2) is 32.1 Å². The third kappa shape index (κ3) is 4.66. The lowest BCUT2D eigenvalue weighted by Crippen LogP contribution is -2.31. The van der Waals surface area contributed by atoms with Crippen LogP contribution < -0.4 is 0 Å². The highest BCUT2D eigenvalue weighted by molar-refractivity contribution is 7.89. The van der Waals surface area contributed by atoms with Crippen molar-refractivity contribution in [3.8, 4) is 0 Å². The number of benzene rings is 1. The summed E-state index contributed by atoms with van der Waals surface area (Å²) < 4.78 is 24.7. The Balaban J connectivity index is 0.00000121. The summed E-state index contributed by atoms with van der Waals surface area (Å²) in [6.07, 6.45) is 0. The van der Waals surface area contributed by atoms with Gasteiger partial charge in [-0.2, -0.15) is 4.31 Å². The Kier molecular flexibility index (Phi) is 6.68. The monoisotopic (exact) mass is 257 g/mol. The number of carbonyl (C=O) groups excluding carboxylic acids is 1. The van der Waals surface area contributed by atoms with Gasteiger partial charge in [0, 0.05) is 7.05 Å². The van der Waals surface area contributed by atoms with Gasteiger partial charge in [0.1, 0.15) is 5.78 Å². The van der Waals surface area contributed by atoms with Gasteiger partial charge in [0.15, 0.2) is 0 Å². The van der Waals surface area contributed by atoms with E-state index in [9.17, 15) is 13.2 Å². The summed E-state index contributed by atoms with van der Waals surface area (Å²) in [7, 11) is -2.13. The SMILES string of the molecule is CC.CC(=O)CN(C)S(=O)(=O)c1ccccc1. The number of ketones is 1. The molecule has 17 heavy (non-hydrogen) atoms. The van der Waals surface area contributed by atoms with Crippen LogP contribution in [0.25, 0.3) is 0 Å². The summed E-state index contributed by atoms with van der Waals surface area (Å²) in [5.74, 6) is -0.183. The van der Waals surface area contributed by atoms with E-state index in [1.54, 1.807) is 18.2 Å². The highest BCUT2D eigenvalue weighted by atomic mass is 32.2. The minimum absolute atomic E-state index is 0.1000. The lowest BCUT2D eigenvalue weighted by molar-refractivity contribution is -0.117. The van der Waals surface area contributed by atoms with Crippen LogP contribution in [0.2, 0.25) is 0 Å². The minimum Gasteiger partial charge on any atom is -0.299 e. The van der Waals surface area contributed by atoms with Crippen LogP contribution in [0.1, 0.15) is 20.8 Å². The maximum absolute atomic E-state index is 11.8. The van der Waals surface area contributed by atoms with Crippen LogP contribution in [0.3, 0.4) is 0 Å². The fourth-order valence-electron chi connectivity index (χ4n) is 1.17. The zero-order chi connectivity index (χ0) is 13.5. The van der Waals surface area contributed by atoms with Crippen LogP contribution in [-0.2, 0) is 14.8 Å². The molecule has 0 amide bonds. The zero-order valence-electron chi connectivity index (χ0n) is 10.7. The fourth-order valence-corrected chi connectivity index (χ4v) is 2.38. The van der Waals surface area contributed by atoms with Crippen molar-refractivity contribution in [1.82, 2.24) is 4.31 Å². The fraction of sp³-hybridized carbons (Fsp3) is 0.417. The van der Waals surface area contributed by atoms with Gasteiger partial charge in [-0.05, 0) is 19.1 Å². The number of nitrogens with zero attached hydrogens (tertiary/aromatic N) is 1. The molecule has 0 N–H and O–H groups in total. The van der Waals surface area contributed by atoms with E-state index >= 15 is 0 Å². The molecule has 0 heterocycles. The zero-order valence-corrected chi connectivity index (χ0v) is 11.5. The number of rotatable bonds is 4. The molecule has 0 aliphatic rings. The Morgan fingerprint density at radius 2 is 1.65 bits per heavy atom. The highest BCUT2D eigenvalue weighted by Crippen LogP contribution is 2.12. The van der Waals surface area contributed by atoms with Crippen molar-refractivity contribution < 1.29 is 13.2 Å². The molecule has 5 heteroatoms. The Labute approximate surface area is 103 Å². The summed E-state index contributed by atoms with van der Waals surface area (Å²) in [5, 5.41) is 0. The molecule has 0 spiro atoms. The molecular formula is C12H19NO3S. The van der Waals surface area contributed by atoms with E-state index < -0.39 is 10.0 Å². The van der Waals surface area contributed by atoms with Crippen molar-refractivity contribution in [3.63, 3.8) is 0 Å². The van der Waals surface area contributed by atoms with E-state index in [0.29, 0.717) is 0 Å². The van der Waals surface area contributed by atoms with Gasteiger partial charge < -0.3 is 0 Å². The Hall–Kier alpha value is -1.20. The van der Waals surface area contributed by atoms with Crippen LogP contribution in [0.15, 0.2) is 35.2 Å². The van der Waals surface area contributed by atoms with Gasteiger partial charge in [-0.15, -0.1) is 0 Å². The van der Waals surface area contributed by atoms with Crippen LogP contribution in [0.5, 0.6) is 0 Å². The number of hydrogen-bond donors (Lipinski definition) is 0. The second-order valence-corrected chi connectivity index (χ2v) is 5.32. The molecule has 0 aliphatic heterocycles. The number of Topliss-reactive ketones (excluding diaryl/α,β-unsaturated/α-hetero) is 1. The average Bonchev–Trinajstić information content (AvgIpc) is 2.32. The smallest absolute Gasteiger partial charge is 0.243 e. The molecule has 1 aromatic rings. The molecule has 0 atom stereocenters. The van der Waals surface area contributed by atoms with E-state index in [1.807, 2.05) is 13.8 Å². The van der Waals surface area contributed by atoms with Crippen molar-refractivity contribution in [2.75, 3.05) is 13.6 Å². The first-order chi connectivity index (χ1) is 7.94. The molecule has 0 aliphatic carbocycles. The van der Waals surface area contributed by atoms with Gasteiger partial charge in [-0.3, -0.25) is 4.79 Å². The van der Waals surface area contributed by atoms with Crippen molar-refractivity contribution in [1.29, 1.82) is 0 Å². The molecule has 0 saturated carbocycles. The van der Waals surface area contributed by atoms with Gasteiger partial charge in [-0.25, -0.2) is 8.42 Å². The lowest BCUT2D eigenvalue weighted by atomic mass is 10.4. The first-order valence-electron chi connectivity index (χ1n) is 5.45. The quantitative estimate of drug-likeness (QED) is 0.828. The average molecular weight is 257 g/mol. The first kappa shape index (κ1) is 15.8. The molecular weight excluding hydrogens is 238 g/mol. The van der Waals surface area contributed by atoms with E-state index in [2.05, 4.69) is 0 Å². The van der Waals surface area contributed by atoms with Crippen LogP contribution in [0.4, 0.5) is 0 Å². The maximum atomic E-state index is 11.8. The topological polar surface area (TPSA) is 54.5 Å². The second-order valence-electron chi connectivity index (χ2n) is 3.28. The Morgan fingerprint density at radius 3 is 2.06 bits per heavy atom. The third-order valence-electron chi connectivity index (χ3n) is 1.90. The summed E-state index contributed by atoms with van der Waals surface area (Å²) >= 11 is 0. The molecule has 0 radical (unpaired) electrons. The van der Waals surface area contributed by atoms with Crippen molar-refractivity contribution in [2.45, 2.75) is 25.7 Å². The second kappa shape index (κ2) is 7.19. The van der Waals surface area contributed by atoms with E-state index in [1.165, 1.54) is 26.1 Å². The lowest BCUT2D eigenvalue weighted by Gasteiger charge is -2.15. The summed E-state index contributed by atoms with van der Waals surface area (Å²) in [4.78, 5) is 11.0. The molecule has 0 saturated heterocycles. The largest absolute Gasteiger partial charge is 0.299 e. The van der Waals surface area contributed by atoms with Gasteiger partial charge >= 0.3 is 0 Å². The van der Waals surface area contributed by atoms with E-state index in [-0.39, 0.29) is 17.2 Å².